The van der Waals surface area contributed by atoms with Crippen molar-refractivity contribution in [2.24, 2.45) is 0 Å². The van der Waals surface area contributed by atoms with Gasteiger partial charge in [-0.15, -0.1) is 11.3 Å². The number of para-hydroxylation sites is 2. The molecule has 2 amide bonds. The Hall–Kier alpha value is -2.41. The van der Waals surface area contributed by atoms with Crippen molar-refractivity contribution in [3.05, 3.63) is 40.3 Å². The Balaban J connectivity index is 1.60. The number of ether oxygens (including phenoxy) is 1. The van der Waals surface area contributed by atoms with Crippen molar-refractivity contribution in [1.82, 2.24) is 10.3 Å². The van der Waals surface area contributed by atoms with Gasteiger partial charge in [0.25, 0.3) is 5.91 Å². The van der Waals surface area contributed by atoms with Crippen LogP contribution in [0.15, 0.2) is 29.6 Å². The smallest absolute Gasteiger partial charge is 0.268 e. The summed E-state index contributed by atoms with van der Waals surface area (Å²) in [5, 5.41) is 5.85. The molecule has 3 rings (SSSR count). The minimum atomic E-state index is -0.592. The van der Waals surface area contributed by atoms with Gasteiger partial charge in [0.15, 0.2) is 6.10 Å². The number of thiazole rings is 1. The van der Waals surface area contributed by atoms with Gasteiger partial charge >= 0.3 is 0 Å². The fourth-order valence-electron chi connectivity index (χ4n) is 2.57. The van der Waals surface area contributed by atoms with Crippen LogP contribution in [0, 0.1) is 6.92 Å². The highest BCUT2D eigenvalue weighted by Gasteiger charge is 2.32. The number of carbonyl (C=O) groups excluding carboxylic acids is 2. The van der Waals surface area contributed by atoms with E-state index < -0.39 is 6.10 Å². The van der Waals surface area contributed by atoms with Crippen LogP contribution in [0.4, 0.5) is 5.69 Å². The lowest BCUT2D eigenvalue weighted by Gasteiger charge is -2.32. The number of aryl methyl sites for hydroxylation is 1. The zero-order valence-electron chi connectivity index (χ0n) is 13.6. The Morgan fingerprint density at radius 3 is 2.96 bits per heavy atom. The molecule has 1 aliphatic rings. The molecule has 0 bridgehead atoms. The Bertz CT molecular complexity index is 759. The van der Waals surface area contributed by atoms with Crippen LogP contribution in [0.3, 0.4) is 0 Å². The second-order valence-corrected chi connectivity index (χ2v) is 6.67. The van der Waals surface area contributed by atoms with Gasteiger partial charge in [-0.05, 0) is 26.0 Å². The number of rotatable bonds is 5. The van der Waals surface area contributed by atoms with Crippen LogP contribution < -0.4 is 15.0 Å². The lowest BCUT2D eigenvalue weighted by atomic mass is 10.2. The van der Waals surface area contributed by atoms with Crippen molar-refractivity contribution in [2.75, 3.05) is 18.0 Å². The molecule has 1 aromatic carbocycles. The van der Waals surface area contributed by atoms with E-state index in [9.17, 15) is 9.59 Å². The van der Waals surface area contributed by atoms with E-state index in [1.54, 1.807) is 30.4 Å². The van der Waals surface area contributed by atoms with Gasteiger partial charge in [-0.3, -0.25) is 14.5 Å². The predicted octanol–water partition coefficient (Wildman–Crippen LogP) is 1.92. The molecule has 0 fully saturated rings. The summed E-state index contributed by atoms with van der Waals surface area (Å²) >= 11 is 1.59. The number of carbonyl (C=O) groups is 2. The van der Waals surface area contributed by atoms with E-state index in [1.807, 2.05) is 24.4 Å². The van der Waals surface area contributed by atoms with Crippen molar-refractivity contribution in [1.29, 1.82) is 0 Å². The van der Waals surface area contributed by atoms with E-state index in [0.29, 0.717) is 24.4 Å². The fourth-order valence-corrected chi connectivity index (χ4v) is 3.22. The molecule has 1 aliphatic heterocycles. The van der Waals surface area contributed by atoms with Gasteiger partial charge in [-0.25, -0.2) is 4.98 Å². The largest absolute Gasteiger partial charge is 0.479 e. The zero-order chi connectivity index (χ0) is 17.1. The van der Waals surface area contributed by atoms with Gasteiger partial charge in [0, 0.05) is 18.3 Å². The molecule has 1 atom stereocenters. The summed E-state index contributed by atoms with van der Waals surface area (Å²) in [6, 6.07) is 7.24. The van der Waals surface area contributed by atoms with E-state index >= 15 is 0 Å². The monoisotopic (exact) mass is 345 g/mol. The lowest BCUT2D eigenvalue weighted by Crippen LogP contribution is -2.49. The molecule has 126 valence electrons. The number of anilines is 1. The molecule has 0 aliphatic carbocycles. The van der Waals surface area contributed by atoms with Crippen LogP contribution in [-0.2, 0) is 16.0 Å². The summed E-state index contributed by atoms with van der Waals surface area (Å²) in [6.45, 7) is 4.13. The van der Waals surface area contributed by atoms with Gasteiger partial charge in [0.05, 0.1) is 16.4 Å². The molecular weight excluding hydrogens is 326 g/mol. The molecule has 0 radical (unpaired) electrons. The number of amides is 2. The molecule has 0 saturated carbocycles. The normalized spacial score (nSPS) is 16.5. The number of benzene rings is 1. The number of aromatic nitrogens is 1. The van der Waals surface area contributed by atoms with Gasteiger partial charge in [0.1, 0.15) is 12.3 Å². The highest BCUT2D eigenvalue weighted by Crippen LogP contribution is 2.33. The van der Waals surface area contributed by atoms with Crippen LogP contribution in [0.2, 0.25) is 0 Å². The maximum atomic E-state index is 12.3. The van der Waals surface area contributed by atoms with E-state index in [1.165, 1.54) is 4.90 Å². The van der Waals surface area contributed by atoms with Crippen molar-refractivity contribution >= 4 is 28.8 Å². The second-order valence-electron chi connectivity index (χ2n) is 5.61. The van der Waals surface area contributed by atoms with Crippen molar-refractivity contribution in [2.45, 2.75) is 26.4 Å². The van der Waals surface area contributed by atoms with Crippen molar-refractivity contribution in [3.63, 3.8) is 0 Å². The zero-order valence-corrected chi connectivity index (χ0v) is 14.4. The van der Waals surface area contributed by atoms with Crippen LogP contribution in [0.5, 0.6) is 5.75 Å². The maximum Gasteiger partial charge on any atom is 0.268 e. The third kappa shape index (κ3) is 3.56. The summed E-state index contributed by atoms with van der Waals surface area (Å²) in [5.41, 5.74) is 1.60. The Morgan fingerprint density at radius 1 is 1.42 bits per heavy atom. The van der Waals surface area contributed by atoms with Crippen LogP contribution >= 0.6 is 11.3 Å². The van der Waals surface area contributed by atoms with E-state index in [-0.39, 0.29) is 18.4 Å². The van der Waals surface area contributed by atoms with Crippen LogP contribution in [-0.4, -0.2) is 36.0 Å². The molecule has 1 aromatic heterocycles. The summed E-state index contributed by atoms with van der Waals surface area (Å²) in [4.78, 5) is 30.4. The standard InChI is InChI=1S/C17H19N3O3S/c1-11-17(22)20(14-5-3-4-6-15(14)23-11)9-16(21)18-8-7-13-10-24-12(2)19-13/h3-6,10-11H,7-9H2,1-2H3,(H,18,21)/t11-/m0/s1. The number of nitrogens with one attached hydrogen (secondary N) is 1. The van der Waals surface area contributed by atoms with Crippen LogP contribution in [0.1, 0.15) is 17.6 Å². The highest BCUT2D eigenvalue weighted by atomic mass is 32.1. The summed E-state index contributed by atoms with van der Waals surface area (Å²) in [5.74, 6) is 0.216. The first kappa shape index (κ1) is 16.4. The SMILES string of the molecule is Cc1nc(CCNC(=O)CN2C(=O)[C@H](C)Oc3ccccc32)cs1. The maximum absolute atomic E-state index is 12.3. The van der Waals surface area contributed by atoms with Crippen molar-refractivity contribution < 1.29 is 14.3 Å². The summed E-state index contributed by atoms with van der Waals surface area (Å²) in [7, 11) is 0. The Kier molecular flexibility index (Phi) is 4.80. The topological polar surface area (TPSA) is 71.5 Å². The Morgan fingerprint density at radius 2 is 2.21 bits per heavy atom. The molecule has 0 spiro atoms. The molecule has 1 N–H and O–H groups in total. The molecule has 2 heterocycles. The minimum absolute atomic E-state index is 0.0142. The molecular formula is C17H19N3O3S. The average molecular weight is 345 g/mol. The lowest BCUT2D eigenvalue weighted by molar-refractivity contribution is -0.128. The molecule has 24 heavy (non-hydrogen) atoms. The predicted molar refractivity (Wildman–Crippen MR) is 92.4 cm³/mol. The number of nitrogens with zero attached hydrogens (tertiary/aromatic N) is 2. The Labute approximate surface area is 144 Å². The van der Waals surface area contributed by atoms with Gasteiger partial charge < -0.3 is 10.1 Å². The van der Waals surface area contributed by atoms with Gasteiger partial charge in [-0.1, -0.05) is 12.1 Å². The van der Waals surface area contributed by atoms with E-state index in [2.05, 4.69) is 10.3 Å². The molecule has 2 aromatic rings. The second kappa shape index (κ2) is 7.00. The number of hydrogen-bond donors (Lipinski definition) is 1. The van der Waals surface area contributed by atoms with E-state index in [0.717, 1.165) is 10.7 Å². The molecule has 7 heteroatoms. The molecule has 6 nitrogen and oxygen atoms in total. The highest BCUT2D eigenvalue weighted by molar-refractivity contribution is 7.09. The third-order valence-electron chi connectivity index (χ3n) is 3.75. The molecule has 0 saturated heterocycles. The van der Waals surface area contributed by atoms with E-state index in [4.69, 9.17) is 4.74 Å². The number of hydrogen-bond acceptors (Lipinski definition) is 5. The first-order chi connectivity index (χ1) is 11.5. The van der Waals surface area contributed by atoms with Crippen LogP contribution in [0.25, 0.3) is 0 Å². The summed E-state index contributed by atoms with van der Waals surface area (Å²) in [6.07, 6.45) is 0.0887. The third-order valence-corrected chi connectivity index (χ3v) is 4.57. The number of fused-ring (bicyclic) bond motifs is 1. The first-order valence-electron chi connectivity index (χ1n) is 7.79. The van der Waals surface area contributed by atoms with Gasteiger partial charge in [0.2, 0.25) is 5.91 Å². The van der Waals surface area contributed by atoms with Crippen molar-refractivity contribution in [3.8, 4) is 5.75 Å². The van der Waals surface area contributed by atoms with Gasteiger partial charge in [-0.2, -0.15) is 0 Å². The molecule has 0 unspecified atom stereocenters. The average Bonchev–Trinajstić information content (AvgIpc) is 2.97. The minimum Gasteiger partial charge on any atom is -0.479 e. The first-order valence-corrected chi connectivity index (χ1v) is 8.67. The fraction of sp³-hybridized carbons (Fsp3) is 0.353. The quantitative estimate of drug-likeness (QED) is 0.899. The summed E-state index contributed by atoms with van der Waals surface area (Å²) < 4.78 is 5.57.